The van der Waals surface area contributed by atoms with Crippen LogP contribution >= 0.6 is 22.7 Å². The zero-order valence-corrected chi connectivity index (χ0v) is 17.7. The summed E-state index contributed by atoms with van der Waals surface area (Å²) in [6.07, 6.45) is 0.739. The molecule has 0 saturated heterocycles. The molecule has 3 heterocycles. The average molecular weight is 418 g/mol. The molecule has 0 aliphatic carbocycles. The van der Waals surface area contributed by atoms with Crippen LogP contribution in [0, 0.1) is 6.92 Å². The smallest absolute Gasteiger partial charge is 0.231 e. The van der Waals surface area contributed by atoms with Crippen LogP contribution in [0.5, 0.6) is 0 Å². The van der Waals surface area contributed by atoms with Gasteiger partial charge in [0.1, 0.15) is 10.0 Å². The number of nitrogens with one attached hydrogen (secondary N) is 1. The lowest BCUT2D eigenvalue weighted by Crippen LogP contribution is -2.08. The van der Waals surface area contributed by atoms with Gasteiger partial charge in [-0.05, 0) is 31.5 Å². The molecule has 6 heteroatoms. The molecule has 144 valence electrons. The Balaban J connectivity index is 1.35. The summed E-state index contributed by atoms with van der Waals surface area (Å²) in [6, 6.07) is 14.5. The number of hydrogen-bond acceptors (Lipinski definition) is 5. The van der Waals surface area contributed by atoms with Gasteiger partial charge >= 0.3 is 0 Å². The summed E-state index contributed by atoms with van der Waals surface area (Å²) in [5.41, 5.74) is 7.38. The van der Waals surface area contributed by atoms with Crippen molar-refractivity contribution < 1.29 is 4.79 Å². The number of thiazole rings is 2. The highest BCUT2D eigenvalue weighted by Gasteiger charge is 2.26. The van der Waals surface area contributed by atoms with Crippen LogP contribution in [0.2, 0.25) is 0 Å². The SMILES string of the molecule is Cc1ccc(-c2csc(Cc3nc(-c4ccc5c(c4)[C@H](C)C(=O)N5)cs3)n2)cc1. The van der Waals surface area contributed by atoms with E-state index in [9.17, 15) is 4.79 Å². The lowest BCUT2D eigenvalue weighted by atomic mass is 10.00. The summed E-state index contributed by atoms with van der Waals surface area (Å²) < 4.78 is 0. The van der Waals surface area contributed by atoms with Crippen molar-refractivity contribution in [1.82, 2.24) is 9.97 Å². The van der Waals surface area contributed by atoms with E-state index in [0.29, 0.717) is 0 Å². The standard InChI is InChI=1S/C23H19N3OS2/c1-13-3-5-15(6-4-13)19-11-28-21(24-19)10-22-25-20(12-29-22)16-7-8-18-17(9-16)14(2)23(27)26-18/h3-9,11-12,14H,10H2,1-2H3,(H,26,27)/t14-/m0/s1. The number of carbonyl (C=O) groups excluding carboxylic acids is 1. The normalized spacial score (nSPS) is 15.4. The molecule has 0 saturated carbocycles. The van der Waals surface area contributed by atoms with Crippen LogP contribution in [0.3, 0.4) is 0 Å². The predicted octanol–water partition coefficient (Wildman–Crippen LogP) is 5.89. The molecule has 4 aromatic rings. The van der Waals surface area contributed by atoms with Crippen molar-refractivity contribution in [1.29, 1.82) is 0 Å². The van der Waals surface area contributed by atoms with Crippen LogP contribution < -0.4 is 5.32 Å². The minimum atomic E-state index is -0.112. The van der Waals surface area contributed by atoms with Gasteiger partial charge in [0.2, 0.25) is 5.91 Å². The molecule has 2 aromatic heterocycles. The molecule has 4 nitrogen and oxygen atoms in total. The molecule has 1 atom stereocenters. The number of carbonyl (C=O) groups is 1. The van der Waals surface area contributed by atoms with Crippen LogP contribution in [0.15, 0.2) is 53.2 Å². The van der Waals surface area contributed by atoms with E-state index in [0.717, 1.165) is 50.2 Å². The summed E-state index contributed by atoms with van der Waals surface area (Å²) in [6.45, 7) is 4.03. The number of nitrogens with zero attached hydrogens (tertiary/aromatic N) is 2. The maximum atomic E-state index is 11.9. The molecular formula is C23H19N3OS2. The first-order valence-corrected chi connectivity index (χ1v) is 11.2. The van der Waals surface area contributed by atoms with E-state index < -0.39 is 0 Å². The molecule has 1 N–H and O–H groups in total. The van der Waals surface area contributed by atoms with Gasteiger partial charge in [0, 0.05) is 27.6 Å². The maximum absolute atomic E-state index is 11.9. The molecule has 1 amide bonds. The third-order valence-electron chi connectivity index (χ3n) is 5.22. The second-order valence-electron chi connectivity index (χ2n) is 7.31. The lowest BCUT2D eigenvalue weighted by molar-refractivity contribution is -0.116. The third kappa shape index (κ3) is 3.50. The fourth-order valence-corrected chi connectivity index (χ4v) is 5.19. The lowest BCUT2D eigenvalue weighted by Gasteiger charge is -2.03. The minimum Gasteiger partial charge on any atom is -0.325 e. The Labute approximate surface area is 177 Å². The van der Waals surface area contributed by atoms with Crippen molar-refractivity contribution in [2.45, 2.75) is 26.2 Å². The largest absolute Gasteiger partial charge is 0.325 e. The zero-order chi connectivity index (χ0) is 20.0. The Morgan fingerprint density at radius 2 is 1.55 bits per heavy atom. The summed E-state index contributed by atoms with van der Waals surface area (Å²) in [5, 5.41) is 9.23. The molecule has 0 radical (unpaired) electrons. The number of aromatic nitrogens is 2. The average Bonchev–Trinajstić information content (AvgIpc) is 3.44. The number of aryl methyl sites for hydroxylation is 1. The van der Waals surface area contributed by atoms with Gasteiger partial charge in [-0.25, -0.2) is 9.97 Å². The van der Waals surface area contributed by atoms with E-state index >= 15 is 0 Å². The van der Waals surface area contributed by atoms with E-state index in [-0.39, 0.29) is 11.8 Å². The van der Waals surface area contributed by atoms with Crippen molar-refractivity contribution >= 4 is 34.3 Å². The number of fused-ring (bicyclic) bond motifs is 1. The molecular weight excluding hydrogens is 398 g/mol. The van der Waals surface area contributed by atoms with E-state index in [1.54, 1.807) is 22.7 Å². The summed E-state index contributed by atoms with van der Waals surface area (Å²) in [4.78, 5) is 21.5. The van der Waals surface area contributed by atoms with Crippen molar-refractivity contribution in [2.75, 3.05) is 5.32 Å². The van der Waals surface area contributed by atoms with Crippen molar-refractivity contribution in [3.8, 4) is 22.5 Å². The fourth-order valence-electron chi connectivity index (χ4n) is 3.48. The number of anilines is 1. The first kappa shape index (κ1) is 18.2. The first-order valence-electron chi connectivity index (χ1n) is 9.48. The Kier molecular flexibility index (Phi) is 4.53. The summed E-state index contributed by atoms with van der Waals surface area (Å²) >= 11 is 3.33. The molecule has 2 aromatic carbocycles. The molecule has 0 bridgehead atoms. The van der Waals surface area contributed by atoms with E-state index in [1.807, 2.05) is 19.1 Å². The number of benzene rings is 2. The van der Waals surface area contributed by atoms with Crippen LogP contribution in [-0.4, -0.2) is 15.9 Å². The highest BCUT2D eigenvalue weighted by Crippen LogP contribution is 2.36. The van der Waals surface area contributed by atoms with Gasteiger partial charge in [-0.1, -0.05) is 35.9 Å². The Hall–Kier alpha value is -2.83. The van der Waals surface area contributed by atoms with Gasteiger partial charge in [0.25, 0.3) is 0 Å². The second kappa shape index (κ2) is 7.21. The molecule has 1 aliphatic rings. The molecule has 0 fully saturated rings. The summed E-state index contributed by atoms with van der Waals surface area (Å²) in [7, 11) is 0. The van der Waals surface area contributed by atoms with Gasteiger partial charge in [0.15, 0.2) is 0 Å². The van der Waals surface area contributed by atoms with E-state index in [1.165, 1.54) is 5.56 Å². The topological polar surface area (TPSA) is 54.9 Å². The maximum Gasteiger partial charge on any atom is 0.231 e. The second-order valence-corrected chi connectivity index (χ2v) is 9.19. The van der Waals surface area contributed by atoms with Gasteiger partial charge in [-0.15, -0.1) is 22.7 Å². The quantitative estimate of drug-likeness (QED) is 0.450. The number of rotatable bonds is 4. The zero-order valence-electron chi connectivity index (χ0n) is 16.1. The van der Waals surface area contributed by atoms with Crippen molar-refractivity contribution in [3.05, 3.63) is 74.4 Å². The third-order valence-corrected chi connectivity index (χ3v) is 6.92. The molecule has 0 spiro atoms. The Morgan fingerprint density at radius 1 is 0.931 bits per heavy atom. The molecule has 1 aliphatic heterocycles. The Bertz CT molecular complexity index is 1210. The highest BCUT2D eigenvalue weighted by molar-refractivity contribution is 7.11. The predicted molar refractivity (Wildman–Crippen MR) is 120 cm³/mol. The van der Waals surface area contributed by atoms with Crippen LogP contribution in [0.25, 0.3) is 22.5 Å². The van der Waals surface area contributed by atoms with Gasteiger partial charge in [0.05, 0.1) is 23.7 Å². The molecule has 0 unspecified atom stereocenters. The number of hydrogen-bond donors (Lipinski definition) is 1. The highest BCUT2D eigenvalue weighted by atomic mass is 32.1. The summed E-state index contributed by atoms with van der Waals surface area (Å²) in [5.74, 6) is -0.0529. The number of amides is 1. The minimum absolute atomic E-state index is 0.0595. The molecule has 5 rings (SSSR count). The van der Waals surface area contributed by atoms with Gasteiger partial charge in [-0.3, -0.25) is 4.79 Å². The monoisotopic (exact) mass is 417 g/mol. The van der Waals surface area contributed by atoms with E-state index in [2.05, 4.69) is 53.3 Å². The van der Waals surface area contributed by atoms with E-state index in [4.69, 9.17) is 9.97 Å². The van der Waals surface area contributed by atoms with Gasteiger partial charge in [-0.2, -0.15) is 0 Å². The van der Waals surface area contributed by atoms with Crippen molar-refractivity contribution in [2.24, 2.45) is 0 Å². The van der Waals surface area contributed by atoms with Crippen LogP contribution in [0.4, 0.5) is 5.69 Å². The van der Waals surface area contributed by atoms with Crippen LogP contribution in [0.1, 0.15) is 34.0 Å². The van der Waals surface area contributed by atoms with Crippen LogP contribution in [-0.2, 0) is 11.2 Å². The molecule has 29 heavy (non-hydrogen) atoms. The first-order chi connectivity index (χ1) is 14.1. The Morgan fingerprint density at radius 3 is 2.24 bits per heavy atom. The van der Waals surface area contributed by atoms with Gasteiger partial charge < -0.3 is 5.32 Å². The fraction of sp³-hybridized carbons (Fsp3) is 0.174. The van der Waals surface area contributed by atoms with Crippen molar-refractivity contribution in [3.63, 3.8) is 0 Å².